The van der Waals surface area contributed by atoms with E-state index in [9.17, 15) is 9.59 Å². The van der Waals surface area contributed by atoms with E-state index in [-0.39, 0.29) is 5.91 Å². The van der Waals surface area contributed by atoms with Crippen LogP contribution in [-0.4, -0.2) is 29.1 Å². The molecule has 1 aromatic heterocycles. The minimum Gasteiger partial charge on any atom is -0.444 e. The first kappa shape index (κ1) is 22.4. The second-order valence-electron chi connectivity index (χ2n) is 8.24. The average Bonchev–Trinajstić information content (AvgIpc) is 2.57. The van der Waals surface area contributed by atoms with E-state index >= 15 is 0 Å². The number of aromatic nitrogens is 1. The number of anilines is 1. The molecule has 0 saturated heterocycles. The first-order chi connectivity index (χ1) is 13.5. The van der Waals surface area contributed by atoms with Crippen LogP contribution >= 0.6 is 0 Å². The van der Waals surface area contributed by atoms with Crippen molar-refractivity contribution >= 4 is 17.7 Å². The lowest BCUT2D eigenvalue weighted by molar-refractivity contribution is -0.114. The molecule has 0 saturated carbocycles. The van der Waals surface area contributed by atoms with Crippen LogP contribution in [0.2, 0.25) is 0 Å². The Balaban J connectivity index is 1.99. The molecule has 0 atom stereocenters. The van der Waals surface area contributed by atoms with Crippen LogP contribution in [0, 0.1) is 13.8 Å². The molecule has 6 heteroatoms. The van der Waals surface area contributed by atoms with Crippen molar-refractivity contribution < 1.29 is 14.3 Å². The van der Waals surface area contributed by atoms with Gasteiger partial charge in [0.1, 0.15) is 5.60 Å². The number of aryl methyl sites for hydroxylation is 2. The van der Waals surface area contributed by atoms with E-state index in [1.807, 2.05) is 40.7 Å². The molecule has 6 nitrogen and oxygen atoms in total. The van der Waals surface area contributed by atoms with Gasteiger partial charge in [-0.25, -0.2) is 4.79 Å². The van der Waals surface area contributed by atoms with Gasteiger partial charge in [-0.15, -0.1) is 0 Å². The molecule has 0 aliphatic rings. The Morgan fingerprint density at radius 3 is 2.28 bits per heavy atom. The summed E-state index contributed by atoms with van der Waals surface area (Å²) in [6.45, 7) is 11.4. The average molecular weight is 398 g/mol. The van der Waals surface area contributed by atoms with Crippen LogP contribution in [-0.2, 0) is 22.4 Å². The van der Waals surface area contributed by atoms with Crippen LogP contribution in [0.4, 0.5) is 10.5 Å². The standard InChI is InChI=1S/C23H31N3O3/c1-15-13-20(21(16(2)25-15)26-17(3)27)14-19-9-7-18(8-10-19)11-12-24-22(28)29-23(4,5)6/h7-10,13H,11-12,14H2,1-6H3,(H,24,28)(H,26,27). The van der Waals surface area contributed by atoms with Gasteiger partial charge in [-0.05, 0) is 70.2 Å². The molecular weight excluding hydrogens is 366 g/mol. The Morgan fingerprint density at radius 2 is 1.69 bits per heavy atom. The summed E-state index contributed by atoms with van der Waals surface area (Å²) in [6, 6.07) is 10.3. The highest BCUT2D eigenvalue weighted by Gasteiger charge is 2.15. The van der Waals surface area contributed by atoms with E-state index in [0.29, 0.717) is 13.0 Å². The summed E-state index contributed by atoms with van der Waals surface area (Å²) in [6.07, 6.45) is 1.03. The molecule has 29 heavy (non-hydrogen) atoms. The topological polar surface area (TPSA) is 80.3 Å². The molecular formula is C23H31N3O3. The summed E-state index contributed by atoms with van der Waals surface area (Å²) in [7, 11) is 0. The van der Waals surface area contributed by atoms with Crippen LogP contribution in [0.25, 0.3) is 0 Å². The number of carbonyl (C=O) groups excluding carboxylic acids is 2. The normalized spacial score (nSPS) is 11.1. The lowest BCUT2D eigenvalue weighted by Crippen LogP contribution is -2.33. The van der Waals surface area contributed by atoms with Gasteiger partial charge in [0.2, 0.25) is 5.91 Å². The molecule has 0 aliphatic carbocycles. The van der Waals surface area contributed by atoms with Gasteiger partial charge in [0.25, 0.3) is 0 Å². The SMILES string of the molecule is CC(=O)Nc1c(Cc2ccc(CCNC(=O)OC(C)(C)C)cc2)cc(C)nc1C. The van der Waals surface area contributed by atoms with Gasteiger partial charge in [0, 0.05) is 19.2 Å². The molecule has 0 spiro atoms. The molecule has 1 heterocycles. The third-order valence-corrected chi connectivity index (χ3v) is 4.21. The quantitative estimate of drug-likeness (QED) is 0.761. The second-order valence-corrected chi connectivity index (χ2v) is 8.24. The summed E-state index contributed by atoms with van der Waals surface area (Å²) >= 11 is 0. The number of rotatable bonds is 6. The van der Waals surface area contributed by atoms with E-state index in [2.05, 4.69) is 39.9 Å². The Bertz CT molecular complexity index is 868. The van der Waals surface area contributed by atoms with Crippen LogP contribution in [0.15, 0.2) is 30.3 Å². The second kappa shape index (κ2) is 9.54. The maximum absolute atomic E-state index is 11.7. The van der Waals surface area contributed by atoms with Crippen molar-refractivity contribution in [1.29, 1.82) is 0 Å². The number of carbonyl (C=O) groups is 2. The molecule has 1 aromatic carbocycles. The Labute approximate surface area is 173 Å². The zero-order valence-corrected chi connectivity index (χ0v) is 18.2. The van der Waals surface area contributed by atoms with E-state index < -0.39 is 11.7 Å². The number of alkyl carbamates (subject to hydrolysis) is 1. The van der Waals surface area contributed by atoms with Crippen molar-refractivity contribution in [3.8, 4) is 0 Å². The number of nitrogens with zero attached hydrogens (tertiary/aromatic N) is 1. The van der Waals surface area contributed by atoms with Gasteiger partial charge in [0.05, 0.1) is 11.4 Å². The lowest BCUT2D eigenvalue weighted by Gasteiger charge is -2.19. The highest BCUT2D eigenvalue weighted by molar-refractivity contribution is 5.90. The summed E-state index contributed by atoms with van der Waals surface area (Å²) in [5.74, 6) is -0.104. The van der Waals surface area contributed by atoms with Crippen molar-refractivity contribution in [2.24, 2.45) is 0 Å². The van der Waals surface area contributed by atoms with Crippen LogP contribution in [0.5, 0.6) is 0 Å². The van der Waals surface area contributed by atoms with Crippen molar-refractivity contribution in [3.63, 3.8) is 0 Å². The number of pyridine rings is 1. The highest BCUT2D eigenvalue weighted by Crippen LogP contribution is 2.23. The highest BCUT2D eigenvalue weighted by atomic mass is 16.6. The molecule has 0 unspecified atom stereocenters. The first-order valence-electron chi connectivity index (χ1n) is 9.83. The van der Waals surface area contributed by atoms with Gasteiger partial charge >= 0.3 is 6.09 Å². The van der Waals surface area contributed by atoms with Crippen molar-refractivity contribution in [2.75, 3.05) is 11.9 Å². The summed E-state index contributed by atoms with van der Waals surface area (Å²) < 4.78 is 5.23. The predicted octanol–water partition coefficient (Wildman–Crippen LogP) is 4.31. The third kappa shape index (κ3) is 7.56. The maximum atomic E-state index is 11.7. The lowest BCUT2D eigenvalue weighted by atomic mass is 10.0. The fourth-order valence-electron chi connectivity index (χ4n) is 3.06. The molecule has 156 valence electrons. The van der Waals surface area contributed by atoms with Gasteiger partial charge in [0.15, 0.2) is 0 Å². The number of nitrogens with one attached hydrogen (secondary N) is 2. The number of amides is 2. The van der Waals surface area contributed by atoms with Crippen molar-refractivity contribution in [1.82, 2.24) is 10.3 Å². The third-order valence-electron chi connectivity index (χ3n) is 4.21. The summed E-state index contributed by atoms with van der Waals surface area (Å²) in [5.41, 5.74) is 5.36. The fraction of sp³-hybridized carbons (Fsp3) is 0.435. The van der Waals surface area contributed by atoms with Crippen LogP contribution in [0.3, 0.4) is 0 Å². The minimum atomic E-state index is -0.495. The molecule has 0 fully saturated rings. The van der Waals surface area contributed by atoms with Crippen molar-refractivity contribution in [2.45, 2.75) is 60.0 Å². The molecule has 2 aromatic rings. The molecule has 0 radical (unpaired) electrons. The molecule has 0 bridgehead atoms. The van der Waals surface area contributed by atoms with E-state index in [1.165, 1.54) is 6.92 Å². The molecule has 0 aliphatic heterocycles. The van der Waals surface area contributed by atoms with Crippen LogP contribution in [0.1, 0.15) is 55.8 Å². The number of ether oxygens (including phenoxy) is 1. The maximum Gasteiger partial charge on any atom is 0.407 e. The minimum absolute atomic E-state index is 0.104. The molecule has 2 amide bonds. The van der Waals surface area contributed by atoms with Gasteiger partial charge < -0.3 is 15.4 Å². The Morgan fingerprint density at radius 1 is 1.07 bits per heavy atom. The van der Waals surface area contributed by atoms with Gasteiger partial charge in [-0.1, -0.05) is 24.3 Å². The number of benzene rings is 1. The molecule has 2 N–H and O–H groups in total. The van der Waals surface area contributed by atoms with E-state index in [0.717, 1.165) is 40.2 Å². The van der Waals surface area contributed by atoms with Crippen molar-refractivity contribution in [3.05, 3.63) is 58.4 Å². The molecule has 2 rings (SSSR count). The van der Waals surface area contributed by atoms with Gasteiger partial charge in [-0.2, -0.15) is 0 Å². The largest absolute Gasteiger partial charge is 0.444 e. The predicted molar refractivity (Wildman–Crippen MR) is 115 cm³/mol. The smallest absolute Gasteiger partial charge is 0.407 e. The monoisotopic (exact) mass is 397 g/mol. The first-order valence-corrected chi connectivity index (χ1v) is 9.83. The Kier molecular flexibility index (Phi) is 7.37. The summed E-state index contributed by atoms with van der Waals surface area (Å²) in [4.78, 5) is 27.7. The van der Waals surface area contributed by atoms with E-state index in [1.54, 1.807) is 0 Å². The fourth-order valence-corrected chi connectivity index (χ4v) is 3.06. The zero-order chi connectivity index (χ0) is 21.6. The number of hydrogen-bond acceptors (Lipinski definition) is 4. The zero-order valence-electron chi connectivity index (χ0n) is 18.2. The summed E-state index contributed by atoms with van der Waals surface area (Å²) in [5, 5.41) is 5.67. The number of hydrogen-bond donors (Lipinski definition) is 2. The van der Waals surface area contributed by atoms with Gasteiger partial charge in [-0.3, -0.25) is 9.78 Å². The van der Waals surface area contributed by atoms with E-state index in [4.69, 9.17) is 4.74 Å². The Hall–Kier alpha value is -2.89. The van der Waals surface area contributed by atoms with Crippen LogP contribution < -0.4 is 10.6 Å².